The highest BCUT2D eigenvalue weighted by molar-refractivity contribution is 4.79. The summed E-state index contributed by atoms with van der Waals surface area (Å²) in [5, 5.41) is 3.48. The van der Waals surface area contributed by atoms with Crippen LogP contribution in [0.5, 0.6) is 0 Å². The van der Waals surface area contributed by atoms with Gasteiger partial charge in [-0.25, -0.2) is 0 Å². The molecule has 1 rings (SSSR count). The molecule has 0 aromatic rings. The van der Waals surface area contributed by atoms with Crippen molar-refractivity contribution in [2.24, 2.45) is 0 Å². The van der Waals surface area contributed by atoms with E-state index in [4.69, 9.17) is 0 Å². The first-order chi connectivity index (χ1) is 6.74. The second-order valence-corrected chi connectivity index (χ2v) is 4.42. The molecule has 1 atom stereocenters. The zero-order valence-electron chi connectivity index (χ0n) is 9.43. The second-order valence-electron chi connectivity index (χ2n) is 4.42. The standard InChI is InChI=1S/C11H23FN2/c1-10(2)14(8-4-6-12)9-11-5-3-7-13-11/h10-11,13H,3-9H2,1-2H3. The Morgan fingerprint density at radius 3 is 2.79 bits per heavy atom. The van der Waals surface area contributed by atoms with Crippen LogP contribution >= 0.6 is 0 Å². The summed E-state index contributed by atoms with van der Waals surface area (Å²) in [5.41, 5.74) is 0. The molecule has 0 bridgehead atoms. The van der Waals surface area contributed by atoms with Crippen molar-refractivity contribution in [1.29, 1.82) is 0 Å². The van der Waals surface area contributed by atoms with Gasteiger partial charge in [-0.3, -0.25) is 9.29 Å². The third-order valence-electron chi connectivity index (χ3n) is 2.93. The van der Waals surface area contributed by atoms with Gasteiger partial charge in [0.15, 0.2) is 0 Å². The van der Waals surface area contributed by atoms with Gasteiger partial charge in [0.05, 0.1) is 6.67 Å². The Labute approximate surface area is 86.9 Å². The fourth-order valence-electron chi connectivity index (χ4n) is 2.02. The monoisotopic (exact) mass is 202 g/mol. The predicted octanol–water partition coefficient (Wildman–Crippen LogP) is 1.81. The predicted molar refractivity (Wildman–Crippen MR) is 58.3 cm³/mol. The Kier molecular flexibility index (Phi) is 5.41. The third kappa shape index (κ3) is 3.93. The van der Waals surface area contributed by atoms with E-state index in [1.165, 1.54) is 12.8 Å². The molecule has 1 heterocycles. The van der Waals surface area contributed by atoms with Crippen molar-refractivity contribution in [1.82, 2.24) is 10.2 Å². The zero-order valence-corrected chi connectivity index (χ0v) is 9.43. The lowest BCUT2D eigenvalue weighted by Gasteiger charge is -2.28. The van der Waals surface area contributed by atoms with Crippen LogP contribution in [0.1, 0.15) is 33.1 Å². The molecule has 0 spiro atoms. The molecule has 1 aliphatic heterocycles. The molecule has 1 saturated heterocycles. The smallest absolute Gasteiger partial charge is 0.0906 e. The van der Waals surface area contributed by atoms with Gasteiger partial charge < -0.3 is 5.32 Å². The van der Waals surface area contributed by atoms with E-state index in [9.17, 15) is 4.39 Å². The molecule has 1 fully saturated rings. The Morgan fingerprint density at radius 1 is 1.50 bits per heavy atom. The van der Waals surface area contributed by atoms with E-state index in [0.29, 0.717) is 18.5 Å². The summed E-state index contributed by atoms with van der Waals surface area (Å²) < 4.78 is 12.1. The highest BCUT2D eigenvalue weighted by Crippen LogP contribution is 2.09. The van der Waals surface area contributed by atoms with Crippen LogP contribution in [-0.2, 0) is 0 Å². The molecule has 14 heavy (non-hydrogen) atoms. The first-order valence-electron chi connectivity index (χ1n) is 5.77. The zero-order chi connectivity index (χ0) is 10.4. The van der Waals surface area contributed by atoms with Crippen LogP contribution in [0.4, 0.5) is 4.39 Å². The average molecular weight is 202 g/mol. The fraction of sp³-hybridized carbons (Fsp3) is 1.00. The Hall–Kier alpha value is -0.150. The lowest BCUT2D eigenvalue weighted by atomic mass is 10.2. The van der Waals surface area contributed by atoms with Gasteiger partial charge in [-0.05, 0) is 39.7 Å². The van der Waals surface area contributed by atoms with Gasteiger partial charge in [0, 0.05) is 25.2 Å². The van der Waals surface area contributed by atoms with E-state index in [0.717, 1.165) is 19.6 Å². The summed E-state index contributed by atoms with van der Waals surface area (Å²) in [4.78, 5) is 2.38. The number of nitrogens with zero attached hydrogens (tertiary/aromatic N) is 1. The Morgan fingerprint density at radius 2 is 2.29 bits per heavy atom. The van der Waals surface area contributed by atoms with Crippen molar-refractivity contribution >= 4 is 0 Å². The average Bonchev–Trinajstić information content (AvgIpc) is 2.64. The number of halogens is 1. The van der Waals surface area contributed by atoms with Crippen LogP contribution < -0.4 is 5.32 Å². The number of alkyl halides is 1. The van der Waals surface area contributed by atoms with E-state index in [1.54, 1.807) is 0 Å². The van der Waals surface area contributed by atoms with Crippen molar-refractivity contribution in [3.05, 3.63) is 0 Å². The van der Waals surface area contributed by atoms with Crippen LogP contribution in [0.2, 0.25) is 0 Å². The molecule has 3 heteroatoms. The van der Waals surface area contributed by atoms with Crippen molar-refractivity contribution in [2.45, 2.75) is 45.2 Å². The van der Waals surface area contributed by atoms with Gasteiger partial charge >= 0.3 is 0 Å². The topological polar surface area (TPSA) is 15.3 Å². The molecule has 0 aromatic carbocycles. The number of rotatable bonds is 6. The largest absolute Gasteiger partial charge is 0.313 e. The maximum atomic E-state index is 12.1. The summed E-state index contributed by atoms with van der Waals surface area (Å²) in [6, 6.07) is 1.17. The van der Waals surface area contributed by atoms with Gasteiger partial charge in [0.2, 0.25) is 0 Å². The first kappa shape index (κ1) is 11.9. The molecule has 1 aliphatic rings. The molecule has 84 valence electrons. The first-order valence-corrected chi connectivity index (χ1v) is 5.77. The van der Waals surface area contributed by atoms with Crippen LogP contribution in [0.25, 0.3) is 0 Å². The highest BCUT2D eigenvalue weighted by Gasteiger charge is 2.18. The highest BCUT2D eigenvalue weighted by atomic mass is 19.1. The van der Waals surface area contributed by atoms with E-state index in [1.807, 2.05) is 0 Å². The third-order valence-corrected chi connectivity index (χ3v) is 2.93. The maximum absolute atomic E-state index is 12.1. The summed E-state index contributed by atoms with van der Waals surface area (Å²) in [6.07, 6.45) is 3.24. The molecule has 0 aliphatic carbocycles. The quantitative estimate of drug-likeness (QED) is 0.706. The maximum Gasteiger partial charge on any atom is 0.0906 e. The Bertz CT molecular complexity index is 144. The van der Waals surface area contributed by atoms with E-state index in [2.05, 4.69) is 24.1 Å². The van der Waals surface area contributed by atoms with Crippen molar-refractivity contribution in [2.75, 3.05) is 26.3 Å². The van der Waals surface area contributed by atoms with E-state index >= 15 is 0 Å². The van der Waals surface area contributed by atoms with Gasteiger partial charge in [-0.15, -0.1) is 0 Å². The van der Waals surface area contributed by atoms with Crippen molar-refractivity contribution < 1.29 is 4.39 Å². The molecular formula is C11H23FN2. The number of hydrogen-bond acceptors (Lipinski definition) is 2. The molecule has 1 unspecified atom stereocenters. The fourth-order valence-corrected chi connectivity index (χ4v) is 2.02. The Balaban J connectivity index is 2.26. The molecule has 0 amide bonds. The number of nitrogens with one attached hydrogen (secondary N) is 1. The van der Waals surface area contributed by atoms with Crippen molar-refractivity contribution in [3.63, 3.8) is 0 Å². The molecule has 1 N–H and O–H groups in total. The minimum absolute atomic E-state index is 0.193. The van der Waals surface area contributed by atoms with E-state index in [-0.39, 0.29) is 6.67 Å². The molecule has 0 radical (unpaired) electrons. The van der Waals surface area contributed by atoms with Crippen LogP contribution in [0.3, 0.4) is 0 Å². The summed E-state index contributed by atoms with van der Waals surface area (Å²) in [6.45, 7) is 7.31. The normalized spacial score (nSPS) is 22.5. The van der Waals surface area contributed by atoms with Crippen LogP contribution in [0.15, 0.2) is 0 Å². The minimum Gasteiger partial charge on any atom is -0.313 e. The van der Waals surface area contributed by atoms with Gasteiger partial charge in [0.1, 0.15) is 0 Å². The van der Waals surface area contributed by atoms with Crippen LogP contribution in [0, 0.1) is 0 Å². The summed E-state index contributed by atoms with van der Waals surface area (Å²) >= 11 is 0. The van der Waals surface area contributed by atoms with E-state index < -0.39 is 0 Å². The SMILES string of the molecule is CC(C)N(CCCF)CC1CCCN1. The molecule has 0 saturated carbocycles. The summed E-state index contributed by atoms with van der Waals surface area (Å²) in [5.74, 6) is 0. The molecule has 2 nitrogen and oxygen atoms in total. The van der Waals surface area contributed by atoms with Crippen LogP contribution in [-0.4, -0.2) is 43.3 Å². The van der Waals surface area contributed by atoms with Gasteiger partial charge in [0.25, 0.3) is 0 Å². The summed E-state index contributed by atoms with van der Waals surface area (Å²) in [7, 11) is 0. The minimum atomic E-state index is -0.193. The molecular weight excluding hydrogens is 179 g/mol. The molecule has 0 aromatic heterocycles. The lowest BCUT2D eigenvalue weighted by Crippen LogP contribution is -2.41. The van der Waals surface area contributed by atoms with Gasteiger partial charge in [-0.2, -0.15) is 0 Å². The van der Waals surface area contributed by atoms with Crippen molar-refractivity contribution in [3.8, 4) is 0 Å². The lowest BCUT2D eigenvalue weighted by molar-refractivity contribution is 0.194. The number of hydrogen-bond donors (Lipinski definition) is 1. The second kappa shape index (κ2) is 6.36. The van der Waals surface area contributed by atoms with Gasteiger partial charge in [-0.1, -0.05) is 0 Å².